The smallest absolute Gasteiger partial charge is 0.330 e. The predicted octanol–water partition coefficient (Wildman–Crippen LogP) is 4.44. The Bertz CT molecular complexity index is 1330. The second-order valence-electron chi connectivity index (χ2n) is 7.22. The van der Waals surface area contributed by atoms with Crippen LogP contribution in [0.4, 0.5) is 4.39 Å². The molecule has 4 rings (SSSR count). The summed E-state index contributed by atoms with van der Waals surface area (Å²) in [6.07, 6.45) is 3.48. The van der Waals surface area contributed by atoms with Gasteiger partial charge in [0.1, 0.15) is 11.6 Å². The van der Waals surface area contributed by atoms with Crippen LogP contribution in [0.3, 0.4) is 0 Å². The van der Waals surface area contributed by atoms with Crippen LogP contribution in [0.25, 0.3) is 23.1 Å². The van der Waals surface area contributed by atoms with Crippen molar-refractivity contribution in [2.75, 3.05) is 7.11 Å². The number of hydrogen-bond donors (Lipinski definition) is 3. The molecule has 3 N–H and O–H groups in total. The van der Waals surface area contributed by atoms with Crippen molar-refractivity contribution in [3.05, 3.63) is 94.9 Å². The van der Waals surface area contributed by atoms with E-state index < -0.39 is 17.9 Å². The molecule has 7 nitrogen and oxygen atoms in total. The van der Waals surface area contributed by atoms with Gasteiger partial charge in [-0.2, -0.15) is 5.10 Å². The second-order valence-corrected chi connectivity index (χ2v) is 7.22. The molecule has 166 valence electrons. The van der Waals surface area contributed by atoms with Crippen LogP contribution in [0.1, 0.15) is 33.2 Å². The number of benzene rings is 3. The number of nitrogens with one attached hydrogen (secondary N) is 2. The Hall–Kier alpha value is -4.46. The number of nitrogens with zero attached hydrogens (tertiary/aromatic N) is 1. The van der Waals surface area contributed by atoms with Gasteiger partial charge in [-0.3, -0.25) is 9.89 Å². The molecule has 0 saturated carbocycles. The summed E-state index contributed by atoms with van der Waals surface area (Å²) < 4.78 is 18.7. The Morgan fingerprint density at radius 1 is 1.06 bits per heavy atom. The third-order valence-corrected chi connectivity index (χ3v) is 5.12. The summed E-state index contributed by atoms with van der Waals surface area (Å²) in [4.78, 5) is 24.9. The van der Waals surface area contributed by atoms with Crippen molar-refractivity contribution >= 4 is 34.9 Å². The van der Waals surface area contributed by atoms with Crippen LogP contribution in [-0.2, 0) is 4.79 Å². The minimum Gasteiger partial charge on any atom is -0.495 e. The lowest BCUT2D eigenvalue weighted by Gasteiger charge is -2.16. The molecule has 1 aromatic heterocycles. The van der Waals surface area contributed by atoms with E-state index in [0.717, 1.165) is 5.56 Å². The van der Waals surface area contributed by atoms with Crippen LogP contribution < -0.4 is 10.1 Å². The molecule has 0 aliphatic carbocycles. The lowest BCUT2D eigenvalue weighted by Crippen LogP contribution is -2.34. The zero-order valence-electron chi connectivity index (χ0n) is 17.6. The molecule has 0 aliphatic heterocycles. The number of carboxylic acid groups (broad SMARTS) is 1. The number of aromatic nitrogens is 2. The number of amides is 1. The second kappa shape index (κ2) is 9.35. The maximum Gasteiger partial charge on any atom is 0.330 e. The summed E-state index contributed by atoms with van der Waals surface area (Å²) in [5.41, 5.74) is 2.54. The van der Waals surface area contributed by atoms with E-state index in [-0.39, 0.29) is 17.1 Å². The molecule has 0 radical (unpaired) electrons. The lowest BCUT2D eigenvalue weighted by molar-refractivity contribution is -0.139. The molecule has 8 heteroatoms. The number of ether oxygens (including phenoxy) is 1. The number of methoxy groups -OCH3 is 1. The largest absolute Gasteiger partial charge is 0.495 e. The van der Waals surface area contributed by atoms with Gasteiger partial charge in [0, 0.05) is 0 Å². The van der Waals surface area contributed by atoms with Crippen molar-refractivity contribution in [3.63, 3.8) is 0 Å². The fraction of sp³-hybridized carbons (Fsp3) is 0.0800. The Kier molecular flexibility index (Phi) is 6.17. The molecule has 0 unspecified atom stereocenters. The zero-order valence-corrected chi connectivity index (χ0v) is 17.6. The number of rotatable bonds is 7. The number of fused-ring (bicyclic) bond motifs is 1. The van der Waals surface area contributed by atoms with Gasteiger partial charge >= 0.3 is 5.97 Å². The number of aromatic amines is 1. The van der Waals surface area contributed by atoms with Crippen molar-refractivity contribution in [2.45, 2.75) is 6.04 Å². The number of carboxylic acids is 1. The number of halogens is 1. The summed E-state index contributed by atoms with van der Waals surface area (Å²) in [6.45, 7) is 0. The minimum atomic E-state index is -1.22. The first-order valence-corrected chi connectivity index (χ1v) is 10.0. The topological polar surface area (TPSA) is 104 Å². The third kappa shape index (κ3) is 4.59. The van der Waals surface area contributed by atoms with Gasteiger partial charge in [0.2, 0.25) is 0 Å². The van der Waals surface area contributed by atoms with Gasteiger partial charge in [0.15, 0.2) is 6.04 Å². The molecule has 3 aromatic carbocycles. The van der Waals surface area contributed by atoms with Crippen molar-refractivity contribution in [2.24, 2.45) is 0 Å². The van der Waals surface area contributed by atoms with E-state index in [1.54, 1.807) is 66.7 Å². The summed E-state index contributed by atoms with van der Waals surface area (Å²) >= 11 is 0. The zero-order chi connectivity index (χ0) is 23.4. The molecule has 0 spiro atoms. The van der Waals surface area contributed by atoms with Crippen LogP contribution in [0.2, 0.25) is 0 Å². The Morgan fingerprint density at radius 2 is 1.79 bits per heavy atom. The maximum atomic E-state index is 13.1. The molecular weight excluding hydrogens is 425 g/mol. The SMILES string of the molecule is COc1c(C(=O)N[C@H](C(=O)O)c2ccccc2)ccc2[nH]nc(/C=C/c3ccc(F)cc3)c12. The number of H-pyrrole nitrogens is 1. The highest BCUT2D eigenvalue weighted by Gasteiger charge is 2.25. The molecule has 33 heavy (non-hydrogen) atoms. The highest BCUT2D eigenvalue weighted by molar-refractivity contribution is 6.06. The van der Waals surface area contributed by atoms with Gasteiger partial charge in [-0.25, -0.2) is 9.18 Å². The fourth-order valence-electron chi connectivity index (χ4n) is 3.51. The number of aliphatic carboxylic acids is 1. The monoisotopic (exact) mass is 445 g/mol. The van der Waals surface area contributed by atoms with Crippen molar-refractivity contribution in [1.29, 1.82) is 0 Å². The Morgan fingerprint density at radius 3 is 2.45 bits per heavy atom. The van der Waals surface area contributed by atoms with E-state index in [2.05, 4.69) is 15.5 Å². The quantitative estimate of drug-likeness (QED) is 0.390. The highest BCUT2D eigenvalue weighted by atomic mass is 19.1. The summed E-state index contributed by atoms with van der Waals surface area (Å²) in [7, 11) is 1.43. The van der Waals surface area contributed by atoms with Crippen LogP contribution in [-0.4, -0.2) is 34.3 Å². The van der Waals surface area contributed by atoms with Crippen LogP contribution in [0.5, 0.6) is 5.75 Å². The first kappa shape index (κ1) is 21.8. The van der Waals surface area contributed by atoms with Crippen LogP contribution >= 0.6 is 0 Å². The summed E-state index contributed by atoms with van der Waals surface area (Å²) in [5.74, 6) is -1.85. The number of hydrogen-bond acceptors (Lipinski definition) is 4. The molecule has 0 bridgehead atoms. The van der Waals surface area contributed by atoms with Gasteiger partial charge in [-0.1, -0.05) is 48.5 Å². The van der Waals surface area contributed by atoms with Gasteiger partial charge in [-0.15, -0.1) is 0 Å². The predicted molar refractivity (Wildman–Crippen MR) is 122 cm³/mol. The first-order chi connectivity index (χ1) is 16.0. The van der Waals surface area contributed by atoms with E-state index in [1.807, 2.05) is 0 Å². The van der Waals surface area contributed by atoms with Gasteiger partial charge < -0.3 is 15.2 Å². The molecule has 1 amide bonds. The highest BCUT2D eigenvalue weighted by Crippen LogP contribution is 2.32. The first-order valence-electron chi connectivity index (χ1n) is 10.0. The number of carbonyl (C=O) groups excluding carboxylic acids is 1. The van der Waals surface area contributed by atoms with Gasteiger partial charge in [-0.05, 0) is 41.5 Å². The van der Waals surface area contributed by atoms with Crippen molar-refractivity contribution in [1.82, 2.24) is 15.5 Å². The van der Waals surface area contributed by atoms with Crippen LogP contribution in [0.15, 0.2) is 66.7 Å². The van der Waals surface area contributed by atoms with Crippen LogP contribution in [0, 0.1) is 5.82 Å². The molecule has 0 aliphatic rings. The molecule has 0 fully saturated rings. The Labute approximate surface area is 188 Å². The fourth-order valence-corrected chi connectivity index (χ4v) is 3.51. The lowest BCUT2D eigenvalue weighted by atomic mass is 10.0. The Balaban J connectivity index is 1.69. The van der Waals surface area contributed by atoms with Gasteiger partial charge in [0.25, 0.3) is 5.91 Å². The standard InChI is InChI=1S/C25H20FN3O4/c1-33-23-18(24(30)27-22(25(31)32)16-5-3-2-4-6-16)12-14-20-21(23)19(28-29-20)13-9-15-7-10-17(26)11-8-15/h2-14,22H,1H3,(H,27,30)(H,28,29)(H,31,32)/b13-9+/t22-/m0/s1. The average molecular weight is 445 g/mol. The van der Waals surface area contributed by atoms with E-state index in [0.29, 0.717) is 22.2 Å². The molecule has 1 heterocycles. The minimum absolute atomic E-state index is 0.171. The van der Waals surface area contributed by atoms with E-state index in [1.165, 1.54) is 19.2 Å². The molecule has 1 atom stereocenters. The average Bonchev–Trinajstić information content (AvgIpc) is 3.25. The molecular formula is C25H20FN3O4. The third-order valence-electron chi connectivity index (χ3n) is 5.12. The number of carbonyl (C=O) groups is 2. The van der Waals surface area contributed by atoms with E-state index in [4.69, 9.17) is 4.74 Å². The molecule has 4 aromatic rings. The van der Waals surface area contributed by atoms with E-state index >= 15 is 0 Å². The van der Waals surface area contributed by atoms with E-state index in [9.17, 15) is 19.1 Å². The van der Waals surface area contributed by atoms with Crippen molar-refractivity contribution in [3.8, 4) is 5.75 Å². The normalized spacial score (nSPS) is 12.1. The molecule has 0 saturated heterocycles. The summed E-state index contributed by atoms with van der Waals surface area (Å²) in [5, 5.41) is 19.9. The van der Waals surface area contributed by atoms with Gasteiger partial charge in [0.05, 0.1) is 29.3 Å². The maximum absolute atomic E-state index is 13.1. The van der Waals surface area contributed by atoms with Crippen molar-refractivity contribution < 1.29 is 23.8 Å². The summed E-state index contributed by atoms with van der Waals surface area (Å²) in [6, 6.07) is 16.4.